The average molecular weight is 398 g/mol. The van der Waals surface area contributed by atoms with E-state index in [0.29, 0.717) is 18.3 Å². The minimum Gasteiger partial charge on any atom is -0.425 e. The topological polar surface area (TPSA) is 53.8 Å². The Balaban J connectivity index is 1.59. The van der Waals surface area contributed by atoms with Gasteiger partial charge in [0.15, 0.2) is 5.82 Å². The van der Waals surface area contributed by atoms with Gasteiger partial charge in [-0.1, -0.05) is 13.8 Å². The van der Waals surface area contributed by atoms with Gasteiger partial charge >= 0.3 is 6.01 Å². The smallest absolute Gasteiger partial charge is 0.304 e. The number of rotatable bonds is 6. The Kier molecular flexibility index (Phi) is 5.50. The molecule has 156 valence electrons. The molecule has 2 aliphatic rings. The zero-order valence-electron chi connectivity index (χ0n) is 17.9. The molecule has 2 aromatic rings. The summed E-state index contributed by atoms with van der Waals surface area (Å²) < 4.78 is 8.45. The molecule has 7 nitrogen and oxygen atoms in total. The highest BCUT2D eigenvalue weighted by molar-refractivity contribution is 5.95. The number of amides is 1. The van der Waals surface area contributed by atoms with Gasteiger partial charge in [-0.05, 0) is 50.1 Å². The minimum atomic E-state index is 0.197. The quantitative estimate of drug-likeness (QED) is 0.744. The summed E-state index contributed by atoms with van der Waals surface area (Å²) in [7, 11) is 4.19. The van der Waals surface area contributed by atoms with Gasteiger partial charge in [0.2, 0.25) is 5.91 Å². The lowest BCUT2D eigenvalue weighted by atomic mass is 10.1. The van der Waals surface area contributed by atoms with Gasteiger partial charge < -0.3 is 14.5 Å². The second-order valence-corrected chi connectivity index (χ2v) is 8.60. The van der Waals surface area contributed by atoms with Gasteiger partial charge in [-0.15, -0.1) is 0 Å². The molecule has 1 fully saturated rings. The normalized spacial score (nSPS) is 17.3. The summed E-state index contributed by atoms with van der Waals surface area (Å²) in [6, 6.07) is 8.41. The maximum absolute atomic E-state index is 12.0. The molecule has 0 aliphatic carbocycles. The van der Waals surface area contributed by atoms with E-state index in [1.165, 1.54) is 5.69 Å². The van der Waals surface area contributed by atoms with Crippen LogP contribution in [0, 0.1) is 5.92 Å². The van der Waals surface area contributed by atoms with E-state index in [9.17, 15) is 4.79 Å². The monoisotopic (exact) mass is 397 g/mol. The Hall–Kier alpha value is -2.54. The Morgan fingerprint density at radius 3 is 2.59 bits per heavy atom. The Bertz CT molecular complexity index is 874. The van der Waals surface area contributed by atoms with Gasteiger partial charge in [-0.25, -0.2) is 0 Å². The first-order valence-corrected chi connectivity index (χ1v) is 10.5. The van der Waals surface area contributed by atoms with Crippen LogP contribution in [-0.4, -0.2) is 47.7 Å². The second kappa shape index (κ2) is 8.06. The van der Waals surface area contributed by atoms with Crippen molar-refractivity contribution in [3.8, 4) is 11.8 Å². The average Bonchev–Trinajstić information content (AvgIpc) is 3.24. The van der Waals surface area contributed by atoms with Gasteiger partial charge in [-0.2, -0.15) is 4.98 Å². The molecule has 0 spiro atoms. The molecular weight excluding hydrogens is 366 g/mol. The zero-order chi connectivity index (χ0) is 20.5. The summed E-state index contributed by atoms with van der Waals surface area (Å²) >= 11 is 0. The lowest BCUT2D eigenvalue weighted by Crippen LogP contribution is -2.38. The van der Waals surface area contributed by atoms with Crippen LogP contribution in [-0.2, 0) is 17.9 Å². The first-order valence-electron chi connectivity index (χ1n) is 10.5. The van der Waals surface area contributed by atoms with E-state index in [2.05, 4.69) is 42.3 Å². The SMILES string of the molecule is CC(C)CCn1c(Oc2ccc(N3CCCC3=O)cc2)nc2c1CN(C)CN2C. The minimum absolute atomic E-state index is 0.197. The molecule has 0 radical (unpaired) electrons. The van der Waals surface area contributed by atoms with Crippen molar-refractivity contribution >= 4 is 17.4 Å². The molecule has 1 saturated heterocycles. The predicted octanol–water partition coefficient (Wildman–Crippen LogP) is 3.69. The van der Waals surface area contributed by atoms with Gasteiger partial charge in [-0.3, -0.25) is 14.3 Å². The van der Waals surface area contributed by atoms with E-state index >= 15 is 0 Å². The second-order valence-electron chi connectivity index (χ2n) is 8.60. The number of nitrogens with zero attached hydrogens (tertiary/aromatic N) is 5. The highest BCUT2D eigenvalue weighted by Gasteiger charge is 2.27. The van der Waals surface area contributed by atoms with Crippen LogP contribution in [0.1, 0.15) is 38.8 Å². The van der Waals surface area contributed by atoms with E-state index in [-0.39, 0.29) is 5.91 Å². The van der Waals surface area contributed by atoms with Gasteiger partial charge in [0, 0.05) is 38.8 Å². The van der Waals surface area contributed by atoms with Crippen molar-refractivity contribution in [3.05, 3.63) is 30.0 Å². The summed E-state index contributed by atoms with van der Waals surface area (Å²) in [4.78, 5) is 23.1. The first kappa shape index (κ1) is 19.8. The highest BCUT2D eigenvalue weighted by Crippen LogP contribution is 2.33. The number of hydrogen-bond donors (Lipinski definition) is 0. The molecule has 3 heterocycles. The van der Waals surface area contributed by atoms with Crippen molar-refractivity contribution in [1.29, 1.82) is 0 Å². The van der Waals surface area contributed by atoms with Crippen molar-refractivity contribution in [2.45, 2.75) is 46.2 Å². The van der Waals surface area contributed by atoms with Crippen molar-refractivity contribution in [3.63, 3.8) is 0 Å². The number of fused-ring (bicyclic) bond motifs is 1. The molecular formula is C22H31N5O2. The summed E-state index contributed by atoms with van der Waals surface area (Å²) in [6.07, 6.45) is 2.64. The van der Waals surface area contributed by atoms with E-state index in [1.807, 2.05) is 29.2 Å². The number of imidazole rings is 1. The third-order valence-electron chi connectivity index (χ3n) is 5.61. The lowest BCUT2D eigenvalue weighted by Gasteiger charge is -2.31. The van der Waals surface area contributed by atoms with E-state index < -0.39 is 0 Å². The molecule has 1 amide bonds. The zero-order valence-corrected chi connectivity index (χ0v) is 17.9. The largest absolute Gasteiger partial charge is 0.425 e. The summed E-state index contributed by atoms with van der Waals surface area (Å²) in [5, 5.41) is 0. The molecule has 0 unspecified atom stereocenters. The van der Waals surface area contributed by atoms with Crippen molar-refractivity contribution in [2.24, 2.45) is 5.92 Å². The number of carbonyl (C=O) groups excluding carboxylic acids is 1. The van der Waals surface area contributed by atoms with Crippen LogP contribution in [0.5, 0.6) is 11.8 Å². The molecule has 29 heavy (non-hydrogen) atoms. The predicted molar refractivity (Wildman–Crippen MR) is 115 cm³/mol. The van der Waals surface area contributed by atoms with Gasteiger partial charge in [0.05, 0.1) is 12.4 Å². The number of anilines is 2. The van der Waals surface area contributed by atoms with E-state index in [0.717, 1.165) is 56.4 Å². The van der Waals surface area contributed by atoms with E-state index in [1.54, 1.807) is 0 Å². The van der Waals surface area contributed by atoms with Crippen molar-refractivity contribution in [2.75, 3.05) is 37.1 Å². The van der Waals surface area contributed by atoms with Crippen LogP contribution >= 0.6 is 0 Å². The summed E-state index contributed by atoms with van der Waals surface area (Å²) in [5.74, 6) is 2.55. The first-order chi connectivity index (χ1) is 13.9. The molecule has 0 saturated carbocycles. The summed E-state index contributed by atoms with van der Waals surface area (Å²) in [6.45, 7) is 7.87. The van der Waals surface area contributed by atoms with Crippen LogP contribution in [0.4, 0.5) is 11.5 Å². The third kappa shape index (κ3) is 4.10. The Morgan fingerprint density at radius 1 is 1.17 bits per heavy atom. The highest BCUT2D eigenvalue weighted by atomic mass is 16.5. The molecule has 7 heteroatoms. The van der Waals surface area contributed by atoms with Crippen LogP contribution < -0.4 is 14.5 Å². The molecule has 0 atom stereocenters. The number of benzene rings is 1. The Labute approximate surface area is 172 Å². The third-order valence-corrected chi connectivity index (χ3v) is 5.61. The molecule has 0 N–H and O–H groups in total. The molecule has 2 aliphatic heterocycles. The van der Waals surface area contributed by atoms with Crippen LogP contribution in [0.3, 0.4) is 0 Å². The standard InChI is InChI=1S/C22H31N5O2/c1-16(2)11-13-27-19-14-24(3)15-25(4)21(19)23-22(27)29-18-9-7-17(8-10-18)26-12-5-6-20(26)28/h7-10,16H,5-6,11-15H2,1-4H3. The summed E-state index contributed by atoms with van der Waals surface area (Å²) in [5.41, 5.74) is 2.14. The fraction of sp³-hybridized carbons (Fsp3) is 0.545. The Morgan fingerprint density at radius 2 is 1.93 bits per heavy atom. The van der Waals surface area contributed by atoms with Crippen molar-refractivity contribution < 1.29 is 9.53 Å². The fourth-order valence-electron chi connectivity index (χ4n) is 4.06. The van der Waals surface area contributed by atoms with Crippen LogP contribution in [0.2, 0.25) is 0 Å². The number of carbonyl (C=O) groups is 1. The lowest BCUT2D eigenvalue weighted by molar-refractivity contribution is -0.117. The van der Waals surface area contributed by atoms with Gasteiger partial charge in [0.1, 0.15) is 5.75 Å². The number of hydrogen-bond acceptors (Lipinski definition) is 5. The van der Waals surface area contributed by atoms with E-state index in [4.69, 9.17) is 9.72 Å². The molecule has 0 bridgehead atoms. The molecule has 4 rings (SSSR count). The molecule has 1 aromatic carbocycles. The fourth-order valence-corrected chi connectivity index (χ4v) is 4.06. The van der Waals surface area contributed by atoms with Crippen LogP contribution in [0.25, 0.3) is 0 Å². The molecule has 1 aromatic heterocycles. The van der Waals surface area contributed by atoms with Crippen molar-refractivity contribution in [1.82, 2.24) is 14.5 Å². The van der Waals surface area contributed by atoms with Gasteiger partial charge in [0.25, 0.3) is 0 Å². The maximum Gasteiger partial charge on any atom is 0.304 e. The van der Waals surface area contributed by atoms with Crippen LogP contribution in [0.15, 0.2) is 24.3 Å². The number of ether oxygens (including phenoxy) is 1. The number of aromatic nitrogens is 2. The maximum atomic E-state index is 12.0.